The molecule has 1 aromatic heterocycles. The normalized spacial score (nSPS) is 15.5. The number of phenolic OH excluding ortho intramolecular Hbond substituents is 1. The lowest BCUT2D eigenvalue weighted by Gasteiger charge is -2.05. The molecule has 0 spiro atoms. The van der Waals surface area contributed by atoms with Gasteiger partial charge < -0.3 is 9.84 Å². The van der Waals surface area contributed by atoms with E-state index < -0.39 is 0 Å². The van der Waals surface area contributed by atoms with E-state index in [0.29, 0.717) is 0 Å². The van der Waals surface area contributed by atoms with Crippen molar-refractivity contribution in [2.24, 2.45) is 0 Å². The number of ether oxygens (including phenoxy) is 1. The first-order chi connectivity index (χ1) is 8.74. The van der Waals surface area contributed by atoms with E-state index in [4.69, 9.17) is 4.74 Å². The van der Waals surface area contributed by atoms with E-state index in [1.165, 1.54) is 0 Å². The molecule has 2 heterocycles. The van der Waals surface area contributed by atoms with Crippen molar-refractivity contribution < 1.29 is 9.84 Å². The van der Waals surface area contributed by atoms with Crippen molar-refractivity contribution in [3.05, 3.63) is 59.1 Å². The van der Waals surface area contributed by atoms with E-state index in [2.05, 4.69) is 4.98 Å². The Morgan fingerprint density at radius 1 is 1.22 bits per heavy atom. The molecule has 90 valence electrons. The monoisotopic (exact) mass is 239 g/mol. The molecule has 0 bridgehead atoms. The molecule has 1 N–H and O–H groups in total. The van der Waals surface area contributed by atoms with Gasteiger partial charge in [0.1, 0.15) is 17.3 Å². The van der Waals surface area contributed by atoms with E-state index in [0.717, 1.165) is 34.6 Å². The van der Waals surface area contributed by atoms with Crippen LogP contribution in [-0.4, -0.2) is 10.1 Å². The van der Waals surface area contributed by atoms with Gasteiger partial charge in [-0.15, -0.1) is 0 Å². The summed E-state index contributed by atoms with van der Waals surface area (Å²) >= 11 is 0. The quantitative estimate of drug-likeness (QED) is 0.831. The molecule has 3 heteroatoms. The maximum atomic E-state index is 9.65. The van der Waals surface area contributed by atoms with Crippen LogP contribution in [0.3, 0.4) is 0 Å². The largest absolute Gasteiger partial charge is 0.508 e. The Labute approximate surface area is 105 Å². The minimum absolute atomic E-state index is 0.277. The zero-order valence-corrected chi connectivity index (χ0v) is 10.1. The number of aromatic nitrogens is 1. The highest BCUT2D eigenvalue weighted by Crippen LogP contribution is 2.38. The summed E-state index contributed by atoms with van der Waals surface area (Å²) in [6.07, 6.45) is 6.27. The summed E-state index contributed by atoms with van der Waals surface area (Å²) in [4.78, 5) is 3.98. The SMILES string of the molecule is Cc1c(O)ccc2c1O/C(=C\c1ccncc1)C2. The van der Waals surface area contributed by atoms with Crippen LogP contribution in [0, 0.1) is 6.92 Å². The second kappa shape index (κ2) is 4.18. The van der Waals surface area contributed by atoms with Crippen LogP contribution in [0.5, 0.6) is 11.5 Å². The van der Waals surface area contributed by atoms with Gasteiger partial charge in [0.25, 0.3) is 0 Å². The Bertz CT molecular complexity index is 618. The third-order valence-electron chi connectivity index (χ3n) is 3.09. The van der Waals surface area contributed by atoms with Crippen LogP contribution in [0.25, 0.3) is 6.08 Å². The molecule has 18 heavy (non-hydrogen) atoms. The molecule has 0 aliphatic carbocycles. The van der Waals surface area contributed by atoms with Gasteiger partial charge in [0.2, 0.25) is 0 Å². The van der Waals surface area contributed by atoms with Crippen LogP contribution in [0.15, 0.2) is 42.4 Å². The van der Waals surface area contributed by atoms with Crippen molar-refractivity contribution in [2.45, 2.75) is 13.3 Å². The zero-order valence-electron chi connectivity index (χ0n) is 10.1. The lowest BCUT2D eigenvalue weighted by Crippen LogP contribution is -1.89. The summed E-state index contributed by atoms with van der Waals surface area (Å²) in [7, 11) is 0. The molecule has 0 atom stereocenters. The lowest BCUT2D eigenvalue weighted by atomic mass is 10.1. The Morgan fingerprint density at radius 2 is 2.00 bits per heavy atom. The number of hydrogen-bond donors (Lipinski definition) is 1. The maximum Gasteiger partial charge on any atom is 0.137 e. The van der Waals surface area contributed by atoms with Gasteiger partial charge >= 0.3 is 0 Å². The summed E-state index contributed by atoms with van der Waals surface area (Å²) in [5.41, 5.74) is 2.98. The van der Waals surface area contributed by atoms with Crippen molar-refractivity contribution in [1.29, 1.82) is 0 Å². The van der Waals surface area contributed by atoms with E-state index in [1.54, 1.807) is 18.5 Å². The molecular weight excluding hydrogens is 226 g/mol. The molecule has 1 aliphatic heterocycles. The third-order valence-corrected chi connectivity index (χ3v) is 3.09. The fourth-order valence-corrected chi connectivity index (χ4v) is 2.10. The van der Waals surface area contributed by atoms with Gasteiger partial charge in [0, 0.05) is 29.9 Å². The van der Waals surface area contributed by atoms with Crippen molar-refractivity contribution in [3.63, 3.8) is 0 Å². The molecule has 3 nitrogen and oxygen atoms in total. The summed E-state index contributed by atoms with van der Waals surface area (Å²) < 4.78 is 5.80. The van der Waals surface area contributed by atoms with Crippen LogP contribution in [0.4, 0.5) is 0 Å². The topological polar surface area (TPSA) is 42.4 Å². The highest BCUT2D eigenvalue weighted by Gasteiger charge is 2.20. The van der Waals surface area contributed by atoms with E-state index >= 15 is 0 Å². The fraction of sp³-hybridized carbons (Fsp3) is 0.133. The van der Waals surface area contributed by atoms with Gasteiger partial charge in [-0.25, -0.2) is 0 Å². The van der Waals surface area contributed by atoms with Gasteiger partial charge in [0.15, 0.2) is 0 Å². The molecule has 2 aromatic rings. The third kappa shape index (κ3) is 1.84. The molecule has 0 unspecified atom stereocenters. The highest BCUT2D eigenvalue weighted by atomic mass is 16.5. The fourth-order valence-electron chi connectivity index (χ4n) is 2.10. The van der Waals surface area contributed by atoms with Crippen LogP contribution < -0.4 is 4.74 Å². The smallest absolute Gasteiger partial charge is 0.137 e. The molecule has 0 fully saturated rings. The second-order valence-corrected chi connectivity index (χ2v) is 4.37. The average molecular weight is 239 g/mol. The summed E-state index contributed by atoms with van der Waals surface area (Å²) in [5, 5.41) is 9.65. The highest BCUT2D eigenvalue weighted by molar-refractivity contribution is 5.59. The molecule has 0 amide bonds. The zero-order chi connectivity index (χ0) is 12.5. The minimum atomic E-state index is 0.277. The van der Waals surface area contributed by atoms with Gasteiger partial charge in [-0.1, -0.05) is 6.07 Å². The standard InChI is InChI=1S/C15H13NO2/c1-10-14(17)3-2-12-9-13(18-15(10)12)8-11-4-6-16-7-5-11/h2-8,17H,9H2,1H3/b13-8-. The number of aromatic hydroxyl groups is 1. The molecule has 0 saturated heterocycles. The summed E-state index contributed by atoms with van der Waals surface area (Å²) in [6.45, 7) is 1.86. The number of fused-ring (bicyclic) bond motifs is 1. The molecular formula is C15H13NO2. The van der Waals surface area contributed by atoms with Crippen LogP contribution in [0.1, 0.15) is 16.7 Å². The van der Waals surface area contributed by atoms with Crippen molar-refractivity contribution >= 4 is 6.08 Å². The number of rotatable bonds is 1. The summed E-state index contributed by atoms with van der Waals surface area (Å²) in [5.74, 6) is 1.96. The van der Waals surface area contributed by atoms with Crippen molar-refractivity contribution in [1.82, 2.24) is 4.98 Å². The first-order valence-electron chi connectivity index (χ1n) is 5.84. The Kier molecular flexibility index (Phi) is 2.52. The van der Waals surface area contributed by atoms with Gasteiger partial charge in [-0.2, -0.15) is 0 Å². The van der Waals surface area contributed by atoms with E-state index in [1.807, 2.05) is 31.2 Å². The molecule has 0 radical (unpaired) electrons. The van der Waals surface area contributed by atoms with E-state index in [-0.39, 0.29) is 5.75 Å². The first-order valence-corrected chi connectivity index (χ1v) is 5.84. The number of pyridine rings is 1. The number of nitrogens with zero attached hydrogens (tertiary/aromatic N) is 1. The predicted octanol–water partition coefficient (Wildman–Crippen LogP) is 3.07. The number of hydrogen-bond acceptors (Lipinski definition) is 3. The number of phenols is 1. The molecule has 1 aromatic carbocycles. The molecule has 1 aliphatic rings. The number of allylic oxidation sites excluding steroid dienone is 1. The van der Waals surface area contributed by atoms with Gasteiger partial charge in [0.05, 0.1) is 0 Å². The lowest BCUT2D eigenvalue weighted by molar-refractivity contribution is 0.434. The van der Waals surface area contributed by atoms with Crippen LogP contribution >= 0.6 is 0 Å². The van der Waals surface area contributed by atoms with Crippen LogP contribution in [-0.2, 0) is 6.42 Å². The van der Waals surface area contributed by atoms with E-state index in [9.17, 15) is 5.11 Å². The minimum Gasteiger partial charge on any atom is -0.508 e. The van der Waals surface area contributed by atoms with Gasteiger partial charge in [-0.3, -0.25) is 4.98 Å². The predicted molar refractivity (Wildman–Crippen MR) is 69.4 cm³/mol. The molecule has 0 saturated carbocycles. The number of benzene rings is 1. The van der Waals surface area contributed by atoms with Crippen LogP contribution in [0.2, 0.25) is 0 Å². The Hall–Kier alpha value is -2.29. The van der Waals surface area contributed by atoms with Crippen molar-refractivity contribution in [2.75, 3.05) is 0 Å². The average Bonchev–Trinajstić information content (AvgIpc) is 2.79. The Balaban J connectivity index is 1.94. The van der Waals surface area contributed by atoms with Gasteiger partial charge in [-0.05, 0) is 36.8 Å². The summed E-state index contributed by atoms with van der Waals surface area (Å²) in [6, 6.07) is 7.49. The van der Waals surface area contributed by atoms with Crippen molar-refractivity contribution in [3.8, 4) is 11.5 Å². The maximum absolute atomic E-state index is 9.65. The Morgan fingerprint density at radius 3 is 2.78 bits per heavy atom. The second-order valence-electron chi connectivity index (χ2n) is 4.37. The first kappa shape index (κ1) is 10.8. The molecule has 3 rings (SSSR count).